The molecule has 0 saturated heterocycles. The Morgan fingerprint density at radius 1 is 1.39 bits per heavy atom. The number of nitrogens with zero attached hydrogens (tertiary/aromatic N) is 1. The highest BCUT2D eigenvalue weighted by atomic mass is 35.5. The highest BCUT2D eigenvalue weighted by molar-refractivity contribution is 6.33. The molecule has 0 aliphatic rings. The van der Waals surface area contributed by atoms with Crippen LogP contribution in [-0.2, 0) is 0 Å². The number of hydrogen-bond donors (Lipinski definition) is 2. The second kappa shape index (κ2) is 9.28. The summed E-state index contributed by atoms with van der Waals surface area (Å²) >= 11 is 5.77. The third-order valence-electron chi connectivity index (χ3n) is 2.10. The second-order valence-electron chi connectivity index (χ2n) is 3.80. The van der Waals surface area contributed by atoms with Crippen LogP contribution in [0.5, 0.6) is 0 Å². The number of hydrogen-bond acceptors (Lipinski definition) is 3. The third-order valence-corrected chi connectivity index (χ3v) is 2.45. The Morgan fingerprint density at radius 3 is 2.50 bits per heavy atom. The average Bonchev–Trinajstić information content (AvgIpc) is 2.21. The number of nitrogens with one attached hydrogen (secondary N) is 1. The van der Waals surface area contributed by atoms with E-state index in [4.69, 9.17) is 17.3 Å². The zero-order chi connectivity index (χ0) is 12.1. The van der Waals surface area contributed by atoms with Crippen molar-refractivity contribution in [2.45, 2.75) is 0 Å². The highest BCUT2D eigenvalue weighted by Gasteiger charge is 2.06. The van der Waals surface area contributed by atoms with Crippen molar-refractivity contribution in [3.63, 3.8) is 0 Å². The first-order valence-corrected chi connectivity index (χ1v) is 5.36. The van der Waals surface area contributed by atoms with E-state index >= 15 is 0 Å². The van der Waals surface area contributed by atoms with Crippen LogP contribution in [0.4, 0.5) is 5.69 Å². The van der Waals surface area contributed by atoms with Gasteiger partial charge < -0.3 is 16.0 Å². The molecular formula is C11H18Cl3N3O. The molecular weight excluding hydrogens is 296 g/mol. The lowest BCUT2D eigenvalue weighted by atomic mass is 10.2. The maximum Gasteiger partial charge on any atom is 0.251 e. The number of rotatable bonds is 4. The fraction of sp³-hybridized carbons (Fsp3) is 0.364. The van der Waals surface area contributed by atoms with Gasteiger partial charge in [0.2, 0.25) is 0 Å². The van der Waals surface area contributed by atoms with Gasteiger partial charge in [0.15, 0.2) is 0 Å². The lowest BCUT2D eigenvalue weighted by molar-refractivity contribution is 0.0951. The summed E-state index contributed by atoms with van der Waals surface area (Å²) in [7, 11) is 3.90. The Balaban J connectivity index is 0. The summed E-state index contributed by atoms with van der Waals surface area (Å²) in [5, 5.41) is 3.26. The first-order chi connectivity index (χ1) is 7.50. The molecule has 1 amide bonds. The summed E-state index contributed by atoms with van der Waals surface area (Å²) in [5.41, 5.74) is 6.56. The van der Waals surface area contributed by atoms with E-state index in [1.165, 1.54) is 0 Å². The molecule has 104 valence electrons. The van der Waals surface area contributed by atoms with Crippen LogP contribution in [0.3, 0.4) is 0 Å². The molecule has 0 unspecified atom stereocenters. The summed E-state index contributed by atoms with van der Waals surface area (Å²) in [6.07, 6.45) is 0. The highest BCUT2D eigenvalue weighted by Crippen LogP contribution is 2.19. The molecule has 0 radical (unpaired) electrons. The molecule has 1 rings (SSSR count). The van der Waals surface area contributed by atoms with Crippen LogP contribution in [0.2, 0.25) is 5.02 Å². The fourth-order valence-corrected chi connectivity index (χ4v) is 1.30. The zero-order valence-electron chi connectivity index (χ0n) is 10.3. The number of anilines is 1. The Labute approximate surface area is 125 Å². The molecule has 1 aromatic carbocycles. The Kier molecular flexibility index (Phi) is 10.1. The molecule has 0 fully saturated rings. The summed E-state index contributed by atoms with van der Waals surface area (Å²) in [4.78, 5) is 13.7. The number of likely N-dealkylation sites (N-methyl/N-ethyl adjacent to an activating group) is 1. The first-order valence-electron chi connectivity index (χ1n) is 4.98. The van der Waals surface area contributed by atoms with Crippen LogP contribution >= 0.6 is 36.4 Å². The van der Waals surface area contributed by atoms with Crippen LogP contribution in [0, 0.1) is 0 Å². The average molecular weight is 315 g/mol. The quantitative estimate of drug-likeness (QED) is 0.836. The minimum Gasteiger partial charge on any atom is -0.398 e. The van der Waals surface area contributed by atoms with E-state index in [1.807, 2.05) is 19.0 Å². The number of amides is 1. The number of carbonyl (C=O) groups is 1. The number of nitrogen functional groups attached to an aromatic ring is 1. The molecule has 0 atom stereocenters. The molecule has 7 heteroatoms. The van der Waals surface area contributed by atoms with Gasteiger partial charge in [0, 0.05) is 18.7 Å². The Bertz CT molecular complexity index is 386. The van der Waals surface area contributed by atoms with Crippen molar-refractivity contribution in [2.24, 2.45) is 0 Å². The van der Waals surface area contributed by atoms with E-state index < -0.39 is 0 Å². The number of benzene rings is 1. The maximum atomic E-state index is 11.7. The largest absolute Gasteiger partial charge is 0.398 e. The van der Waals surface area contributed by atoms with Gasteiger partial charge in [-0.2, -0.15) is 0 Å². The smallest absolute Gasteiger partial charge is 0.251 e. The van der Waals surface area contributed by atoms with E-state index in [0.29, 0.717) is 22.8 Å². The Morgan fingerprint density at radius 2 is 2.00 bits per heavy atom. The molecule has 3 N–H and O–H groups in total. The van der Waals surface area contributed by atoms with Crippen molar-refractivity contribution < 1.29 is 4.79 Å². The summed E-state index contributed by atoms with van der Waals surface area (Å²) in [6, 6.07) is 4.86. The normalized spacial score (nSPS) is 9.33. The fourth-order valence-electron chi connectivity index (χ4n) is 1.18. The first kappa shape index (κ1) is 19.7. The maximum absolute atomic E-state index is 11.7. The molecule has 4 nitrogen and oxygen atoms in total. The monoisotopic (exact) mass is 313 g/mol. The molecule has 1 aromatic rings. The van der Waals surface area contributed by atoms with E-state index in [9.17, 15) is 4.79 Å². The summed E-state index contributed by atoms with van der Waals surface area (Å²) < 4.78 is 0. The lowest BCUT2D eigenvalue weighted by Crippen LogP contribution is -2.31. The predicted octanol–water partition coefficient (Wildman–Crippen LogP) is 2.06. The van der Waals surface area contributed by atoms with Gasteiger partial charge in [0.1, 0.15) is 0 Å². The van der Waals surface area contributed by atoms with Gasteiger partial charge in [0.05, 0.1) is 10.7 Å². The van der Waals surface area contributed by atoms with E-state index in [0.717, 1.165) is 6.54 Å². The van der Waals surface area contributed by atoms with Crippen molar-refractivity contribution >= 4 is 48.0 Å². The van der Waals surface area contributed by atoms with E-state index in [1.54, 1.807) is 18.2 Å². The number of carbonyl (C=O) groups excluding carboxylic acids is 1. The van der Waals surface area contributed by atoms with E-state index in [2.05, 4.69) is 5.32 Å². The van der Waals surface area contributed by atoms with E-state index in [-0.39, 0.29) is 30.7 Å². The third kappa shape index (κ3) is 6.31. The topological polar surface area (TPSA) is 58.4 Å². The molecule has 0 aliphatic heterocycles. The molecule has 0 aliphatic carbocycles. The van der Waals surface area contributed by atoms with Gasteiger partial charge >= 0.3 is 0 Å². The van der Waals surface area contributed by atoms with Crippen molar-refractivity contribution in [3.05, 3.63) is 28.8 Å². The number of halogens is 3. The van der Waals surface area contributed by atoms with Crippen molar-refractivity contribution in [2.75, 3.05) is 32.9 Å². The van der Waals surface area contributed by atoms with Crippen molar-refractivity contribution in [1.82, 2.24) is 10.2 Å². The van der Waals surface area contributed by atoms with Gasteiger partial charge in [-0.05, 0) is 32.3 Å². The van der Waals surface area contributed by atoms with Gasteiger partial charge in [-0.15, -0.1) is 24.8 Å². The lowest BCUT2D eigenvalue weighted by Gasteiger charge is -2.10. The van der Waals surface area contributed by atoms with Crippen LogP contribution in [0.1, 0.15) is 10.4 Å². The van der Waals surface area contributed by atoms with Crippen molar-refractivity contribution in [3.8, 4) is 0 Å². The van der Waals surface area contributed by atoms with Crippen LogP contribution < -0.4 is 11.1 Å². The number of nitrogens with two attached hydrogens (primary N) is 1. The van der Waals surface area contributed by atoms with Gasteiger partial charge in [0.25, 0.3) is 5.91 Å². The van der Waals surface area contributed by atoms with Gasteiger partial charge in [-0.3, -0.25) is 4.79 Å². The van der Waals surface area contributed by atoms with Gasteiger partial charge in [-0.1, -0.05) is 11.6 Å². The standard InChI is InChI=1S/C11H16ClN3O.2ClH/c1-15(2)6-5-14-11(16)8-3-4-9(12)10(13)7-8;;/h3-4,7H,5-6,13H2,1-2H3,(H,14,16);2*1H. The summed E-state index contributed by atoms with van der Waals surface area (Å²) in [6.45, 7) is 1.41. The predicted molar refractivity (Wildman–Crippen MR) is 81.2 cm³/mol. The minimum atomic E-state index is -0.134. The second-order valence-corrected chi connectivity index (χ2v) is 4.20. The molecule has 0 bridgehead atoms. The summed E-state index contributed by atoms with van der Waals surface area (Å²) in [5.74, 6) is -0.134. The Hall–Kier alpha value is -0.680. The molecule has 0 spiro atoms. The van der Waals surface area contributed by atoms with Crippen molar-refractivity contribution in [1.29, 1.82) is 0 Å². The SMILES string of the molecule is CN(C)CCNC(=O)c1ccc(Cl)c(N)c1.Cl.Cl. The zero-order valence-corrected chi connectivity index (χ0v) is 12.7. The van der Waals surface area contributed by atoms with Gasteiger partial charge in [-0.25, -0.2) is 0 Å². The molecule has 0 saturated carbocycles. The molecule has 0 heterocycles. The molecule has 18 heavy (non-hydrogen) atoms. The molecule has 0 aromatic heterocycles. The van der Waals surface area contributed by atoms with Crippen LogP contribution in [-0.4, -0.2) is 38.0 Å². The minimum absolute atomic E-state index is 0. The van der Waals surface area contributed by atoms with Crippen LogP contribution in [0.25, 0.3) is 0 Å². The van der Waals surface area contributed by atoms with Crippen LogP contribution in [0.15, 0.2) is 18.2 Å².